The fourth-order valence-electron chi connectivity index (χ4n) is 0.313. The van der Waals surface area contributed by atoms with Gasteiger partial charge in [-0.1, -0.05) is 0 Å². The second-order valence-electron chi connectivity index (χ2n) is 1.12. The summed E-state index contributed by atoms with van der Waals surface area (Å²) in [5, 5.41) is 3.44. The molecule has 0 saturated carbocycles. The summed E-state index contributed by atoms with van der Waals surface area (Å²) >= 11 is 5.21. The highest BCUT2D eigenvalue weighted by Gasteiger charge is 1.92. The van der Waals surface area contributed by atoms with Crippen LogP contribution in [0.4, 0.5) is 0 Å². The van der Waals surface area contributed by atoms with Gasteiger partial charge in [0.1, 0.15) is 6.00 Å². The lowest BCUT2D eigenvalue weighted by Crippen LogP contribution is -2.12. The molecule has 1 heterocycles. The third kappa shape index (κ3) is 0.742. The molecule has 5 heteroatoms. The Morgan fingerprint density at radius 2 is 2.75 bits per heavy atom. The molecule has 0 spiro atoms. The lowest BCUT2D eigenvalue weighted by molar-refractivity contribution is 0.492. The molecular weight excluding hydrogens is 131 g/mol. The van der Waals surface area contributed by atoms with E-state index in [2.05, 4.69) is 9.52 Å². The lowest BCUT2D eigenvalue weighted by atomic mass is 11.2. The summed E-state index contributed by atoms with van der Waals surface area (Å²) in [6, 6.07) is 0.0370. The number of hydrogen-bond acceptors (Lipinski definition) is 3. The average Bonchev–Trinajstić information content (AvgIpc) is 2.14. The molecule has 1 rings (SSSR count). The molecule has 0 amide bonds. The molecule has 0 unspecified atom stereocenters. The van der Waals surface area contributed by atoms with Crippen molar-refractivity contribution in [1.29, 1.82) is 0 Å². The van der Waals surface area contributed by atoms with Gasteiger partial charge in [0.2, 0.25) is 6.39 Å². The molecule has 1 aromatic heterocycles. The molecule has 0 bridgehead atoms. The van der Waals surface area contributed by atoms with Crippen LogP contribution in [0.1, 0.15) is 0 Å². The number of rotatable bonds is 1. The Labute approximate surface area is 49.7 Å². The fourth-order valence-corrected chi connectivity index (χ4v) is 0.473. The van der Waals surface area contributed by atoms with Gasteiger partial charge < -0.3 is 4.42 Å². The van der Waals surface area contributed by atoms with Gasteiger partial charge >= 0.3 is 5.76 Å². The summed E-state index contributed by atoms with van der Waals surface area (Å²) in [6.07, 6.45) is 1.05. The van der Waals surface area contributed by atoms with E-state index in [-0.39, 0.29) is 6.00 Å². The maximum Gasteiger partial charge on any atom is 0.438 e. The highest BCUT2D eigenvalue weighted by atomic mass is 35.5. The maximum atomic E-state index is 10.3. The topological polar surface area (TPSA) is 48.0 Å². The highest BCUT2D eigenvalue weighted by molar-refractivity contribution is 6.15. The predicted octanol–water partition coefficient (Wildman–Crippen LogP) is 0.0326. The smallest absolute Gasteiger partial charge is 0.395 e. The zero-order valence-electron chi connectivity index (χ0n) is 3.87. The van der Waals surface area contributed by atoms with E-state index in [1.54, 1.807) is 0 Å². The molecule has 0 aliphatic heterocycles. The molecule has 0 fully saturated rings. The van der Waals surface area contributed by atoms with Crippen LogP contribution >= 0.6 is 11.6 Å². The number of halogens is 1. The van der Waals surface area contributed by atoms with Gasteiger partial charge in [0, 0.05) is 0 Å². The molecule has 0 aromatic carbocycles. The standard InChI is InChI=1S/C3H3ClN2O2/c4-1-6-3(7)8-2-5-6/h2H,1H2. The van der Waals surface area contributed by atoms with E-state index in [0.717, 1.165) is 11.1 Å². The maximum absolute atomic E-state index is 10.3. The van der Waals surface area contributed by atoms with Crippen LogP contribution in [0.25, 0.3) is 0 Å². The quantitative estimate of drug-likeness (QED) is 0.510. The minimum absolute atomic E-state index is 0.0370. The molecule has 0 N–H and O–H groups in total. The van der Waals surface area contributed by atoms with E-state index in [9.17, 15) is 4.79 Å². The monoisotopic (exact) mass is 134 g/mol. The van der Waals surface area contributed by atoms with Crippen LogP contribution in [-0.2, 0) is 6.00 Å². The first-order valence-corrected chi connectivity index (χ1v) is 2.44. The largest absolute Gasteiger partial charge is 0.438 e. The van der Waals surface area contributed by atoms with Gasteiger partial charge in [-0.2, -0.15) is 4.68 Å². The Bertz CT molecular complexity index is 215. The summed E-state index contributed by atoms with van der Waals surface area (Å²) in [5.74, 6) is -0.528. The molecule has 4 nitrogen and oxygen atoms in total. The Morgan fingerprint density at radius 1 is 2.00 bits per heavy atom. The van der Waals surface area contributed by atoms with Gasteiger partial charge in [-0.15, -0.1) is 16.7 Å². The van der Waals surface area contributed by atoms with Crippen molar-refractivity contribution in [1.82, 2.24) is 9.78 Å². The molecule has 44 valence electrons. The summed E-state index contributed by atoms with van der Waals surface area (Å²) in [7, 11) is 0. The van der Waals surface area contributed by atoms with Crippen LogP contribution in [-0.4, -0.2) is 9.78 Å². The predicted molar refractivity (Wildman–Crippen MR) is 26.6 cm³/mol. The van der Waals surface area contributed by atoms with Gasteiger partial charge in [-0.25, -0.2) is 4.79 Å². The number of alkyl halides is 1. The van der Waals surface area contributed by atoms with Crippen LogP contribution in [0, 0.1) is 0 Å². The van der Waals surface area contributed by atoms with E-state index >= 15 is 0 Å². The summed E-state index contributed by atoms with van der Waals surface area (Å²) < 4.78 is 5.27. The molecule has 0 aliphatic rings. The zero-order valence-corrected chi connectivity index (χ0v) is 4.63. The van der Waals surface area contributed by atoms with Gasteiger partial charge in [0.15, 0.2) is 0 Å². The number of hydrogen-bond donors (Lipinski definition) is 0. The fraction of sp³-hybridized carbons (Fsp3) is 0.333. The van der Waals surface area contributed by atoms with Crippen LogP contribution in [0.15, 0.2) is 15.6 Å². The molecule has 0 atom stereocenters. The summed E-state index contributed by atoms with van der Waals surface area (Å²) in [5.41, 5.74) is 0. The van der Waals surface area contributed by atoms with Crippen molar-refractivity contribution in [2.24, 2.45) is 0 Å². The van der Waals surface area contributed by atoms with Crippen LogP contribution < -0.4 is 5.76 Å². The van der Waals surface area contributed by atoms with Gasteiger partial charge in [0.25, 0.3) is 0 Å². The first kappa shape index (κ1) is 5.37. The normalized spacial score (nSPS) is 9.62. The molecule has 8 heavy (non-hydrogen) atoms. The van der Waals surface area contributed by atoms with E-state index in [1.165, 1.54) is 0 Å². The lowest BCUT2D eigenvalue weighted by Gasteiger charge is -1.80. The van der Waals surface area contributed by atoms with Crippen molar-refractivity contribution in [3.63, 3.8) is 0 Å². The summed E-state index contributed by atoms with van der Waals surface area (Å²) in [4.78, 5) is 10.3. The molecule has 0 saturated heterocycles. The van der Waals surface area contributed by atoms with E-state index in [0.29, 0.717) is 0 Å². The van der Waals surface area contributed by atoms with Crippen molar-refractivity contribution in [3.8, 4) is 0 Å². The molecule has 0 aliphatic carbocycles. The number of aromatic nitrogens is 2. The third-order valence-corrected chi connectivity index (χ3v) is 0.890. The Balaban J connectivity index is 3.11. The summed E-state index contributed by atoms with van der Waals surface area (Å²) in [6.45, 7) is 0. The second kappa shape index (κ2) is 2.00. The van der Waals surface area contributed by atoms with E-state index in [4.69, 9.17) is 11.6 Å². The van der Waals surface area contributed by atoms with Crippen molar-refractivity contribution in [2.75, 3.05) is 0 Å². The second-order valence-corrected chi connectivity index (χ2v) is 1.36. The molecular formula is C3H3ClN2O2. The van der Waals surface area contributed by atoms with Crippen molar-refractivity contribution < 1.29 is 4.42 Å². The van der Waals surface area contributed by atoms with Gasteiger partial charge in [-0.05, 0) is 0 Å². The highest BCUT2D eigenvalue weighted by Crippen LogP contribution is 1.78. The Morgan fingerprint density at radius 3 is 3.00 bits per heavy atom. The van der Waals surface area contributed by atoms with E-state index < -0.39 is 5.76 Å². The first-order chi connectivity index (χ1) is 3.84. The van der Waals surface area contributed by atoms with Gasteiger partial charge in [0.05, 0.1) is 0 Å². The Kier molecular flexibility index (Phi) is 1.34. The van der Waals surface area contributed by atoms with Crippen molar-refractivity contribution in [3.05, 3.63) is 16.9 Å². The minimum Gasteiger partial charge on any atom is -0.395 e. The number of nitrogens with zero attached hydrogens (tertiary/aromatic N) is 2. The van der Waals surface area contributed by atoms with Crippen LogP contribution in [0.2, 0.25) is 0 Å². The van der Waals surface area contributed by atoms with Crippen LogP contribution in [0.5, 0.6) is 0 Å². The zero-order chi connectivity index (χ0) is 5.98. The first-order valence-electron chi connectivity index (χ1n) is 1.91. The SMILES string of the molecule is O=c1ocnn1CCl. The minimum atomic E-state index is -0.528. The third-order valence-electron chi connectivity index (χ3n) is 0.664. The van der Waals surface area contributed by atoms with Crippen molar-refractivity contribution in [2.45, 2.75) is 6.00 Å². The van der Waals surface area contributed by atoms with Crippen molar-refractivity contribution >= 4 is 11.6 Å². The Hall–Kier alpha value is -0.770. The van der Waals surface area contributed by atoms with Gasteiger partial charge in [-0.3, -0.25) is 0 Å². The molecule has 0 radical (unpaired) electrons. The molecule has 1 aromatic rings. The van der Waals surface area contributed by atoms with E-state index in [1.807, 2.05) is 0 Å². The van der Waals surface area contributed by atoms with Crippen LogP contribution in [0.3, 0.4) is 0 Å². The average molecular weight is 135 g/mol.